The van der Waals surface area contributed by atoms with Gasteiger partial charge in [-0.15, -0.1) is 0 Å². The normalized spacial score (nSPS) is 11.5. The molecule has 0 aliphatic carbocycles. The van der Waals surface area contributed by atoms with E-state index in [1.165, 1.54) is 0 Å². The SMILES string of the molecule is COc1ccccc1-n1cncc1C(C)(C)N. The van der Waals surface area contributed by atoms with Crippen LogP contribution >= 0.6 is 0 Å². The standard InChI is InChI=1S/C13H17N3O/c1-13(2,14)12-8-15-9-16(12)10-6-4-5-7-11(10)17-3/h4-9H,14H2,1-3H3. The molecule has 0 radical (unpaired) electrons. The van der Waals surface area contributed by atoms with Crippen LogP contribution in [0, 0.1) is 0 Å². The molecule has 1 aromatic heterocycles. The lowest BCUT2D eigenvalue weighted by molar-refractivity contribution is 0.411. The molecule has 2 N–H and O–H groups in total. The number of rotatable bonds is 3. The number of hydrogen-bond donors (Lipinski definition) is 1. The maximum Gasteiger partial charge on any atom is 0.142 e. The van der Waals surface area contributed by atoms with Gasteiger partial charge in [-0.05, 0) is 26.0 Å². The molecule has 0 atom stereocenters. The molecule has 0 aliphatic heterocycles. The number of nitrogens with two attached hydrogens (primary N) is 1. The number of para-hydroxylation sites is 2. The molecule has 0 saturated carbocycles. The van der Waals surface area contributed by atoms with Crippen LogP contribution in [0.3, 0.4) is 0 Å². The van der Waals surface area contributed by atoms with Crippen molar-refractivity contribution in [1.29, 1.82) is 0 Å². The van der Waals surface area contributed by atoms with Crippen molar-refractivity contribution >= 4 is 0 Å². The van der Waals surface area contributed by atoms with E-state index >= 15 is 0 Å². The van der Waals surface area contributed by atoms with Crippen molar-refractivity contribution in [2.45, 2.75) is 19.4 Å². The van der Waals surface area contributed by atoms with Gasteiger partial charge in [0.1, 0.15) is 5.75 Å². The maximum absolute atomic E-state index is 6.13. The number of ether oxygens (including phenoxy) is 1. The lowest BCUT2D eigenvalue weighted by Gasteiger charge is -2.21. The molecule has 1 heterocycles. The smallest absolute Gasteiger partial charge is 0.142 e. The number of methoxy groups -OCH3 is 1. The Hall–Kier alpha value is -1.81. The highest BCUT2D eigenvalue weighted by Crippen LogP contribution is 2.26. The Morgan fingerprint density at radius 3 is 2.65 bits per heavy atom. The van der Waals surface area contributed by atoms with Gasteiger partial charge in [0.25, 0.3) is 0 Å². The van der Waals surface area contributed by atoms with Crippen LogP contribution in [-0.2, 0) is 5.54 Å². The molecular formula is C13H17N3O. The fraction of sp³-hybridized carbons (Fsp3) is 0.308. The molecule has 4 nitrogen and oxygen atoms in total. The van der Waals surface area contributed by atoms with Crippen LogP contribution in [0.5, 0.6) is 5.75 Å². The highest BCUT2D eigenvalue weighted by atomic mass is 16.5. The first-order chi connectivity index (χ1) is 8.04. The number of benzene rings is 1. The molecule has 4 heteroatoms. The molecule has 2 rings (SSSR count). The minimum atomic E-state index is -0.447. The first-order valence-corrected chi connectivity index (χ1v) is 5.49. The van der Waals surface area contributed by atoms with Crippen LogP contribution in [0.15, 0.2) is 36.8 Å². The van der Waals surface area contributed by atoms with Gasteiger partial charge in [0.15, 0.2) is 0 Å². The molecule has 0 unspecified atom stereocenters. The van der Waals surface area contributed by atoms with Gasteiger partial charge >= 0.3 is 0 Å². The third-order valence-corrected chi connectivity index (χ3v) is 2.64. The fourth-order valence-electron chi connectivity index (χ4n) is 1.79. The van der Waals surface area contributed by atoms with Crippen LogP contribution in [0.4, 0.5) is 0 Å². The summed E-state index contributed by atoms with van der Waals surface area (Å²) in [5.74, 6) is 0.802. The molecule has 2 aromatic rings. The van der Waals surface area contributed by atoms with Gasteiger partial charge in [-0.2, -0.15) is 0 Å². The zero-order valence-corrected chi connectivity index (χ0v) is 10.3. The average molecular weight is 231 g/mol. The highest BCUT2D eigenvalue weighted by molar-refractivity contribution is 5.48. The van der Waals surface area contributed by atoms with E-state index in [1.54, 1.807) is 19.6 Å². The van der Waals surface area contributed by atoms with Crippen LogP contribution < -0.4 is 10.5 Å². The fourth-order valence-corrected chi connectivity index (χ4v) is 1.79. The van der Waals surface area contributed by atoms with E-state index in [9.17, 15) is 0 Å². The van der Waals surface area contributed by atoms with E-state index in [4.69, 9.17) is 10.5 Å². The quantitative estimate of drug-likeness (QED) is 0.879. The van der Waals surface area contributed by atoms with Crippen molar-refractivity contribution < 1.29 is 4.74 Å². The summed E-state index contributed by atoms with van der Waals surface area (Å²) in [6.07, 6.45) is 3.54. The number of hydrogen-bond acceptors (Lipinski definition) is 3. The summed E-state index contributed by atoms with van der Waals surface area (Å²) in [7, 11) is 1.66. The Morgan fingerprint density at radius 1 is 1.29 bits per heavy atom. The Bertz CT molecular complexity index is 511. The molecule has 0 aliphatic rings. The van der Waals surface area contributed by atoms with Crippen molar-refractivity contribution in [1.82, 2.24) is 9.55 Å². The second-order valence-electron chi connectivity index (χ2n) is 4.54. The largest absolute Gasteiger partial charge is 0.495 e. The minimum absolute atomic E-state index is 0.447. The van der Waals surface area contributed by atoms with E-state index in [0.717, 1.165) is 17.1 Å². The Morgan fingerprint density at radius 2 is 2.00 bits per heavy atom. The lowest BCUT2D eigenvalue weighted by Crippen LogP contribution is -2.31. The summed E-state index contributed by atoms with van der Waals surface area (Å²) in [6.45, 7) is 3.91. The molecular weight excluding hydrogens is 214 g/mol. The van der Waals surface area contributed by atoms with Crippen molar-refractivity contribution in [2.24, 2.45) is 5.73 Å². The summed E-state index contributed by atoms with van der Waals surface area (Å²) in [5.41, 5.74) is 7.57. The molecule has 1 aromatic carbocycles. The number of imidazole rings is 1. The van der Waals surface area contributed by atoms with E-state index in [0.29, 0.717) is 0 Å². The van der Waals surface area contributed by atoms with Crippen molar-refractivity contribution in [3.63, 3.8) is 0 Å². The van der Waals surface area contributed by atoms with Crippen LogP contribution in [0.2, 0.25) is 0 Å². The van der Waals surface area contributed by atoms with Gasteiger partial charge in [0.05, 0.1) is 36.6 Å². The Balaban J connectivity index is 2.58. The average Bonchev–Trinajstić information content (AvgIpc) is 2.77. The third kappa shape index (κ3) is 2.17. The summed E-state index contributed by atoms with van der Waals surface area (Å²) in [6, 6.07) is 7.80. The Kier molecular flexibility index (Phi) is 2.90. The van der Waals surface area contributed by atoms with Crippen molar-refractivity contribution in [3.05, 3.63) is 42.5 Å². The molecule has 0 saturated heterocycles. The second kappa shape index (κ2) is 4.22. The van der Waals surface area contributed by atoms with Gasteiger partial charge in [-0.3, -0.25) is 4.57 Å². The second-order valence-corrected chi connectivity index (χ2v) is 4.54. The van der Waals surface area contributed by atoms with Crippen LogP contribution in [-0.4, -0.2) is 16.7 Å². The van der Waals surface area contributed by atoms with Gasteiger partial charge in [0, 0.05) is 0 Å². The highest BCUT2D eigenvalue weighted by Gasteiger charge is 2.20. The molecule has 0 amide bonds. The molecule has 0 bridgehead atoms. The van der Waals surface area contributed by atoms with Crippen molar-refractivity contribution in [3.8, 4) is 11.4 Å². The van der Waals surface area contributed by atoms with Crippen LogP contribution in [0.25, 0.3) is 5.69 Å². The summed E-state index contributed by atoms with van der Waals surface area (Å²) < 4.78 is 7.30. The topological polar surface area (TPSA) is 53.1 Å². The van der Waals surface area contributed by atoms with Gasteiger partial charge < -0.3 is 10.5 Å². The summed E-state index contributed by atoms with van der Waals surface area (Å²) in [4.78, 5) is 4.17. The number of nitrogens with zero attached hydrogens (tertiary/aromatic N) is 2. The van der Waals surface area contributed by atoms with E-state index in [2.05, 4.69) is 4.98 Å². The molecule has 90 valence electrons. The minimum Gasteiger partial charge on any atom is -0.495 e. The van der Waals surface area contributed by atoms with Crippen LogP contribution in [0.1, 0.15) is 19.5 Å². The first-order valence-electron chi connectivity index (χ1n) is 5.49. The van der Waals surface area contributed by atoms with E-state index in [-0.39, 0.29) is 0 Å². The van der Waals surface area contributed by atoms with Gasteiger partial charge in [-0.1, -0.05) is 12.1 Å². The lowest BCUT2D eigenvalue weighted by atomic mass is 10.0. The predicted molar refractivity (Wildman–Crippen MR) is 67.3 cm³/mol. The first kappa shape index (κ1) is 11.7. The van der Waals surface area contributed by atoms with Gasteiger partial charge in [0.2, 0.25) is 0 Å². The molecule has 0 fully saturated rings. The predicted octanol–water partition coefficient (Wildman–Crippen LogP) is 2.07. The van der Waals surface area contributed by atoms with Gasteiger partial charge in [-0.25, -0.2) is 4.98 Å². The zero-order chi connectivity index (χ0) is 12.5. The van der Waals surface area contributed by atoms with E-state index < -0.39 is 5.54 Å². The van der Waals surface area contributed by atoms with E-state index in [1.807, 2.05) is 42.7 Å². The number of aromatic nitrogens is 2. The molecule has 0 spiro atoms. The maximum atomic E-state index is 6.13. The monoisotopic (exact) mass is 231 g/mol. The summed E-state index contributed by atoms with van der Waals surface area (Å²) in [5, 5.41) is 0. The Labute approximate surface area is 101 Å². The molecule has 17 heavy (non-hydrogen) atoms. The third-order valence-electron chi connectivity index (χ3n) is 2.64. The van der Waals surface area contributed by atoms with Crippen molar-refractivity contribution in [2.75, 3.05) is 7.11 Å². The summed E-state index contributed by atoms with van der Waals surface area (Å²) >= 11 is 0. The zero-order valence-electron chi connectivity index (χ0n) is 10.3.